The molecular weight excluding hydrogens is 303 g/mol. The molecule has 0 saturated carbocycles. The lowest BCUT2D eigenvalue weighted by Crippen LogP contribution is -2.23. The van der Waals surface area contributed by atoms with Gasteiger partial charge in [0.15, 0.2) is 0 Å². The number of hydrogen-bond donors (Lipinski definition) is 1. The minimum absolute atomic E-state index is 0.0538. The number of benzene rings is 2. The fourth-order valence-corrected chi connectivity index (χ4v) is 3.03. The number of aryl methyl sites for hydroxylation is 1. The van der Waals surface area contributed by atoms with Crippen molar-refractivity contribution in [2.75, 3.05) is 18.0 Å². The maximum absolute atomic E-state index is 13.5. The van der Waals surface area contributed by atoms with Crippen LogP contribution in [-0.2, 0) is 17.8 Å². The van der Waals surface area contributed by atoms with E-state index in [1.165, 1.54) is 24.6 Å². The second kappa shape index (κ2) is 7.95. The first kappa shape index (κ1) is 16.5. The molecule has 1 aliphatic heterocycles. The first-order valence-corrected chi connectivity index (χ1v) is 8.56. The fraction of sp³-hybridized carbons (Fsp3) is 0.350. The van der Waals surface area contributed by atoms with E-state index in [-0.39, 0.29) is 18.3 Å². The van der Waals surface area contributed by atoms with E-state index in [9.17, 15) is 9.18 Å². The highest BCUT2D eigenvalue weighted by Gasteiger charge is 2.12. The molecular formula is C20H23FN2O. The molecule has 3 nitrogen and oxygen atoms in total. The van der Waals surface area contributed by atoms with Crippen molar-refractivity contribution in [3.05, 3.63) is 65.5 Å². The molecule has 1 heterocycles. The van der Waals surface area contributed by atoms with Gasteiger partial charge in [-0.15, -0.1) is 0 Å². The first-order chi connectivity index (χ1) is 11.7. The Balaban J connectivity index is 1.45. The third kappa shape index (κ3) is 4.34. The monoisotopic (exact) mass is 326 g/mol. The number of nitrogens with zero attached hydrogens (tertiary/aromatic N) is 1. The number of nitrogens with one attached hydrogen (secondary N) is 1. The molecule has 24 heavy (non-hydrogen) atoms. The molecule has 0 spiro atoms. The van der Waals surface area contributed by atoms with Gasteiger partial charge in [-0.2, -0.15) is 0 Å². The molecule has 1 fully saturated rings. The average Bonchev–Trinajstić information content (AvgIpc) is 3.14. The molecule has 1 N–H and O–H groups in total. The quantitative estimate of drug-likeness (QED) is 0.878. The van der Waals surface area contributed by atoms with Crippen molar-refractivity contribution in [1.29, 1.82) is 0 Å². The summed E-state index contributed by atoms with van der Waals surface area (Å²) in [6, 6.07) is 15.0. The molecule has 2 aromatic carbocycles. The second-order valence-corrected chi connectivity index (χ2v) is 6.23. The van der Waals surface area contributed by atoms with E-state index in [0.717, 1.165) is 18.7 Å². The second-order valence-electron chi connectivity index (χ2n) is 6.23. The van der Waals surface area contributed by atoms with E-state index in [0.29, 0.717) is 18.4 Å². The number of hydrogen-bond acceptors (Lipinski definition) is 2. The molecule has 0 unspecified atom stereocenters. The summed E-state index contributed by atoms with van der Waals surface area (Å²) in [4.78, 5) is 14.3. The van der Waals surface area contributed by atoms with Crippen molar-refractivity contribution in [3.8, 4) is 0 Å². The number of anilines is 1. The van der Waals surface area contributed by atoms with E-state index in [1.807, 2.05) is 0 Å². The van der Waals surface area contributed by atoms with E-state index in [2.05, 4.69) is 34.5 Å². The van der Waals surface area contributed by atoms with Gasteiger partial charge in [-0.25, -0.2) is 4.39 Å². The van der Waals surface area contributed by atoms with Gasteiger partial charge in [0.2, 0.25) is 5.91 Å². The van der Waals surface area contributed by atoms with Gasteiger partial charge in [-0.1, -0.05) is 30.3 Å². The van der Waals surface area contributed by atoms with Crippen LogP contribution in [0.3, 0.4) is 0 Å². The molecule has 0 aromatic heterocycles. The van der Waals surface area contributed by atoms with Crippen LogP contribution >= 0.6 is 0 Å². The third-order valence-corrected chi connectivity index (χ3v) is 4.48. The molecule has 4 heteroatoms. The Morgan fingerprint density at radius 2 is 1.75 bits per heavy atom. The Morgan fingerprint density at radius 3 is 2.46 bits per heavy atom. The molecule has 0 aliphatic carbocycles. The van der Waals surface area contributed by atoms with E-state index >= 15 is 0 Å². The Morgan fingerprint density at radius 1 is 1.04 bits per heavy atom. The third-order valence-electron chi connectivity index (χ3n) is 4.48. The van der Waals surface area contributed by atoms with Crippen molar-refractivity contribution >= 4 is 11.6 Å². The number of halogens is 1. The standard InChI is InChI=1S/C20H23FN2O/c21-19-6-2-1-5-17(19)15-22-20(24)12-9-16-7-10-18(11-8-16)23-13-3-4-14-23/h1-2,5-8,10-11H,3-4,9,12-15H2,(H,22,24). The van der Waals surface area contributed by atoms with Gasteiger partial charge >= 0.3 is 0 Å². The number of carbonyl (C=O) groups is 1. The van der Waals surface area contributed by atoms with Crippen LogP contribution in [0.15, 0.2) is 48.5 Å². The van der Waals surface area contributed by atoms with Gasteiger partial charge in [-0.05, 0) is 43.0 Å². The summed E-state index contributed by atoms with van der Waals surface area (Å²) in [7, 11) is 0. The SMILES string of the molecule is O=C(CCc1ccc(N2CCCC2)cc1)NCc1ccccc1F. The molecule has 3 rings (SSSR count). The smallest absolute Gasteiger partial charge is 0.220 e. The number of carbonyl (C=O) groups excluding carboxylic acids is 1. The maximum Gasteiger partial charge on any atom is 0.220 e. The molecule has 126 valence electrons. The number of amides is 1. The molecule has 1 saturated heterocycles. The maximum atomic E-state index is 13.5. The predicted molar refractivity (Wildman–Crippen MR) is 94.5 cm³/mol. The molecule has 0 atom stereocenters. The summed E-state index contributed by atoms with van der Waals surface area (Å²) in [6.07, 6.45) is 3.65. The van der Waals surface area contributed by atoms with E-state index < -0.39 is 0 Å². The average molecular weight is 326 g/mol. The van der Waals surface area contributed by atoms with E-state index in [1.54, 1.807) is 18.2 Å². The lowest BCUT2D eigenvalue weighted by molar-refractivity contribution is -0.121. The Kier molecular flexibility index (Phi) is 5.47. The summed E-state index contributed by atoms with van der Waals surface area (Å²) >= 11 is 0. The summed E-state index contributed by atoms with van der Waals surface area (Å²) < 4.78 is 13.5. The fourth-order valence-electron chi connectivity index (χ4n) is 3.03. The van der Waals surface area contributed by atoms with Crippen molar-refractivity contribution in [3.63, 3.8) is 0 Å². The zero-order chi connectivity index (χ0) is 16.8. The van der Waals surface area contributed by atoms with Crippen LogP contribution in [0.2, 0.25) is 0 Å². The Bertz CT molecular complexity index is 678. The summed E-state index contributed by atoms with van der Waals surface area (Å²) in [5.74, 6) is -0.336. The van der Waals surface area contributed by atoms with Gasteiger partial charge in [0.1, 0.15) is 5.82 Å². The largest absolute Gasteiger partial charge is 0.372 e. The van der Waals surface area contributed by atoms with Crippen LogP contribution < -0.4 is 10.2 Å². The molecule has 1 amide bonds. The van der Waals surface area contributed by atoms with Gasteiger partial charge in [-0.3, -0.25) is 4.79 Å². The van der Waals surface area contributed by atoms with Crippen LogP contribution in [0.4, 0.5) is 10.1 Å². The minimum atomic E-state index is -0.282. The van der Waals surface area contributed by atoms with Crippen molar-refractivity contribution in [2.24, 2.45) is 0 Å². The Labute approximate surface area is 142 Å². The predicted octanol–water partition coefficient (Wildman–Crippen LogP) is 3.67. The lowest BCUT2D eigenvalue weighted by Gasteiger charge is -2.17. The van der Waals surface area contributed by atoms with Crippen molar-refractivity contribution < 1.29 is 9.18 Å². The highest BCUT2D eigenvalue weighted by atomic mass is 19.1. The molecule has 2 aromatic rings. The topological polar surface area (TPSA) is 32.3 Å². The number of rotatable bonds is 6. The lowest BCUT2D eigenvalue weighted by atomic mass is 10.1. The highest BCUT2D eigenvalue weighted by molar-refractivity contribution is 5.76. The normalized spacial score (nSPS) is 14.0. The van der Waals surface area contributed by atoms with E-state index in [4.69, 9.17) is 0 Å². The molecule has 0 radical (unpaired) electrons. The summed E-state index contributed by atoms with van der Waals surface area (Å²) in [5, 5.41) is 2.78. The van der Waals surface area contributed by atoms with Gasteiger partial charge in [0.05, 0.1) is 0 Å². The minimum Gasteiger partial charge on any atom is -0.372 e. The molecule has 0 bridgehead atoms. The van der Waals surface area contributed by atoms with Crippen LogP contribution in [0.25, 0.3) is 0 Å². The zero-order valence-corrected chi connectivity index (χ0v) is 13.8. The summed E-state index contributed by atoms with van der Waals surface area (Å²) in [5.41, 5.74) is 2.93. The molecule has 1 aliphatic rings. The zero-order valence-electron chi connectivity index (χ0n) is 13.8. The van der Waals surface area contributed by atoms with Crippen LogP contribution in [0.1, 0.15) is 30.4 Å². The van der Waals surface area contributed by atoms with Crippen LogP contribution in [-0.4, -0.2) is 19.0 Å². The van der Waals surface area contributed by atoms with Crippen LogP contribution in [0, 0.1) is 5.82 Å². The van der Waals surface area contributed by atoms with Gasteiger partial charge in [0.25, 0.3) is 0 Å². The van der Waals surface area contributed by atoms with Gasteiger partial charge in [0, 0.05) is 37.3 Å². The van der Waals surface area contributed by atoms with Crippen molar-refractivity contribution in [2.45, 2.75) is 32.2 Å². The first-order valence-electron chi connectivity index (χ1n) is 8.56. The summed E-state index contributed by atoms with van der Waals surface area (Å²) in [6.45, 7) is 2.51. The van der Waals surface area contributed by atoms with Crippen LogP contribution in [0.5, 0.6) is 0 Å². The highest BCUT2D eigenvalue weighted by Crippen LogP contribution is 2.20. The Hall–Kier alpha value is -2.36. The van der Waals surface area contributed by atoms with Crippen molar-refractivity contribution in [1.82, 2.24) is 5.32 Å². The van der Waals surface area contributed by atoms with Gasteiger partial charge < -0.3 is 10.2 Å².